The van der Waals surface area contributed by atoms with Crippen molar-refractivity contribution in [3.63, 3.8) is 0 Å². The van der Waals surface area contributed by atoms with E-state index in [1.54, 1.807) is 36.4 Å². The molecule has 0 saturated heterocycles. The summed E-state index contributed by atoms with van der Waals surface area (Å²) in [5.41, 5.74) is -0.812. The van der Waals surface area contributed by atoms with Crippen molar-refractivity contribution in [2.45, 2.75) is 23.9 Å². The van der Waals surface area contributed by atoms with E-state index in [0.29, 0.717) is 23.5 Å². The average molecular weight is 432 g/mol. The molecule has 0 aliphatic heterocycles. The van der Waals surface area contributed by atoms with Gasteiger partial charge in [0.1, 0.15) is 22.7 Å². The molecule has 0 radical (unpaired) electrons. The lowest BCUT2D eigenvalue weighted by molar-refractivity contribution is -0.138. The van der Waals surface area contributed by atoms with Gasteiger partial charge in [0.25, 0.3) is 0 Å². The molecule has 3 rings (SSSR count). The minimum atomic E-state index is -4.73. The number of aromatic nitrogens is 1. The molecule has 0 aliphatic carbocycles. The summed E-state index contributed by atoms with van der Waals surface area (Å²) in [6, 6.07) is 14.9. The van der Waals surface area contributed by atoms with Crippen molar-refractivity contribution < 1.29 is 22.3 Å². The molecule has 0 saturated carbocycles. The highest BCUT2D eigenvalue weighted by Gasteiger charge is 2.36. The number of nitriles is 1. The number of benzene rings is 2. The molecule has 0 atom stereocenters. The van der Waals surface area contributed by atoms with Gasteiger partial charge in [-0.2, -0.15) is 18.4 Å². The highest BCUT2D eigenvalue weighted by molar-refractivity contribution is 7.98. The molecule has 0 N–H and O–H groups in total. The lowest BCUT2D eigenvalue weighted by Gasteiger charge is -2.14. The lowest BCUT2D eigenvalue weighted by atomic mass is 10.1. The first-order valence-corrected chi connectivity index (χ1v) is 9.93. The van der Waals surface area contributed by atoms with Crippen LogP contribution in [0.1, 0.15) is 23.6 Å². The Balaban J connectivity index is 2.04. The van der Waals surface area contributed by atoms with Crippen LogP contribution in [0.4, 0.5) is 17.6 Å². The number of nitrogens with zero attached hydrogens (tertiary/aromatic N) is 2. The predicted molar refractivity (Wildman–Crippen MR) is 107 cm³/mol. The fraction of sp³-hybridized carbons (Fsp3) is 0.182. The molecule has 1 heterocycles. The zero-order valence-electron chi connectivity index (χ0n) is 15.8. The van der Waals surface area contributed by atoms with Crippen molar-refractivity contribution in [1.82, 2.24) is 4.98 Å². The van der Waals surface area contributed by atoms with E-state index in [4.69, 9.17) is 4.74 Å². The minimum absolute atomic E-state index is 0.0401. The number of halogens is 4. The number of alkyl halides is 3. The van der Waals surface area contributed by atoms with Gasteiger partial charge in [0.05, 0.1) is 23.4 Å². The van der Waals surface area contributed by atoms with Crippen LogP contribution in [0.25, 0.3) is 11.3 Å². The van der Waals surface area contributed by atoms with E-state index in [1.807, 2.05) is 6.92 Å². The van der Waals surface area contributed by atoms with Crippen LogP contribution in [-0.2, 0) is 11.9 Å². The van der Waals surface area contributed by atoms with Crippen LogP contribution in [0.2, 0.25) is 0 Å². The van der Waals surface area contributed by atoms with E-state index in [9.17, 15) is 22.8 Å². The Labute approximate surface area is 175 Å². The molecule has 0 fully saturated rings. The summed E-state index contributed by atoms with van der Waals surface area (Å²) in [7, 11) is 0. The van der Waals surface area contributed by atoms with Crippen LogP contribution in [0.3, 0.4) is 0 Å². The fourth-order valence-corrected chi connectivity index (χ4v) is 3.74. The molecule has 3 nitrogen and oxygen atoms in total. The lowest BCUT2D eigenvalue weighted by Crippen LogP contribution is -2.10. The van der Waals surface area contributed by atoms with Gasteiger partial charge in [-0.1, -0.05) is 18.2 Å². The molecule has 0 unspecified atom stereocenters. The van der Waals surface area contributed by atoms with E-state index in [1.165, 1.54) is 18.2 Å². The Morgan fingerprint density at radius 2 is 1.80 bits per heavy atom. The van der Waals surface area contributed by atoms with Crippen LogP contribution in [0, 0.1) is 17.1 Å². The number of rotatable bonds is 6. The van der Waals surface area contributed by atoms with Gasteiger partial charge in [0.2, 0.25) is 0 Å². The van der Waals surface area contributed by atoms with Gasteiger partial charge < -0.3 is 4.74 Å². The van der Waals surface area contributed by atoms with Crippen LogP contribution in [-0.4, -0.2) is 11.6 Å². The smallest absolute Gasteiger partial charge is 0.417 e. The Morgan fingerprint density at radius 1 is 1.10 bits per heavy atom. The molecule has 0 aliphatic rings. The standard InChI is InChI=1S/C22H16F4N2OS/c1-2-29-16-9-7-14(8-10-16)20-11-18(22(24,25)26)17(12-27)21(28-20)30-13-15-5-3-4-6-19(15)23/h3-11H,2,13H2,1H3. The summed E-state index contributed by atoms with van der Waals surface area (Å²) in [5, 5.41) is 9.28. The average Bonchev–Trinajstić information content (AvgIpc) is 2.72. The second-order valence-corrected chi connectivity index (χ2v) is 7.15. The van der Waals surface area contributed by atoms with Gasteiger partial charge in [-0.15, -0.1) is 11.8 Å². The van der Waals surface area contributed by atoms with Gasteiger partial charge in [-0.05, 0) is 48.9 Å². The van der Waals surface area contributed by atoms with Crippen molar-refractivity contribution in [3.05, 3.63) is 77.1 Å². The SMILES string of the molecule is CCOc1ccc(-c2cc(C(F)(F)F)c(C#N)c(SCc3ccccc3F)n2)cc1. The van der Waals surface area contributed by atoms with Crippen LogP contribution in [0.15, 0.2) is 59.6 Å². The molecular formula is C22H16F4N2OS. The molecule has 8 heteroatoms. The number of hydrogen-bond donors (Lipinski definition) is 0. The fourth-order valence-electron chi connectivity index (χ4n) is 2.76. The van der Waals surface area contributed by atoms with Gasteiger partial charge in [0.15, 0.2) is 0 Å². The van der Waals surface area contributed by atoms with E-state index in [2.05, 4.69) is 4.98 Å². The molecule has 0 bridgehead atoms. The third-order valence-electron chi connectivity index (χ3n) is 4.19. The highest BCUT2D eigenvalue weighted by Crippen LogP contribution is 2.39. The third kappa shape index (κ3) is 4.92. The Morgan fingerprint density at radius 3 is 2.40 bits per heavy atom. The summed E-state index contributed by atoms with van der Waals surface area (Å²) in [5.74, 6) is 0.153. The Bertz CT molecular complexity index is 1080. The summed E-state index contributed by atoms with van der Waals surface area (Å²) in [6.07, 6.45) is -4.73. The van der Waals surface area contributed by atoms with E-state index < -0.39 is 23.1 Å². The van der Waals surface area contributed by atoms with Gasteiger partial charge >= 0.3 is 6.18 Å². The number of ether oxygens (including phenoxy) is 1. The number of thioether (sulfide) groups is 1. The minimum Gasteiger partial charge on any atom is -0.494 e. The van der Waals surface area contributed by atoms with Crippen molar-refractivity contribution in [3.8, 4) is 23.1 Å². The molecule has 0 spiro atoms. The molecule has 30 heavy (non-hydrogen) atoms. The van der Waals surface area contributed by atoms with Gasteiger partial charge in [-0.25, -0.2) is 9.37 Å². The highest BCUT2D eigenvalue weighted by atomic mass is 32.2. The normalized spacial score (nSPS) is 11.2. The zero-order chi connectivity index (χ0) is 21.7. The quantitative estimate of drug-likeness (QED) is 0.331. The zero-order valence-corrected chi connectivity index (χ0v) is 16.6. The van der Waals surface area contributed by atoms with E-state index in [0.717, 1.165) is 17.8 Å². The summed E-state index contributed by atoms with van der Waals surface area (Å²) < 4.78 is 60.2. The first-order valence-electron chi connectivity index (χ1n) is 8.95. The summed E-state index contributed by atoms with van der Waals surface area (Å²) in [4.78, 5) is 4.29. The van der Waals surface area contributed by atoms with Crippen molar-refractivity contribution in [2.24, 2.45) is 0 Å². The second-order valence-electron chi connectivity index (χ2n) is 6.18. The largest absolute Gasteiger partial charge is 0.494 e. The van der Waals surface area contributed by atoms with Crippen LogP contribution < -0.4 is 4.74 Å². The van der Waals surface area contributed by atoms with Crippen LogP contribution in [0.5, 0.6) is 5.75 Å². The van der Waals surface area contributed by atoms with Crippen LogP contribution >= 0.6 is 11.8 Å². The molecular weight excluding hydrogens is 416 g/mol. The maximum atomic E-state index is 13.9. The first-order chi connectivity index (χ1) is 14.3. The molecule has 1 aromatic heterocycles. The predicted octanol–water partition coefficient (Wildman–Crippen LogP) is 6.47. The first kappa shape index (κ1) is 21.7. The number of hydrogen-bond acceptors (Lipinski definition) is 4. The maximum absolute atomic E-state index is 13.9. The Hall–Kier alpha value is -3.05. The Kier molecular flexibility index (Phi) is 6.63. The summed E-state index contributed by atoms with van der Waals surface area (Å²) >= 11 is 0.891. The van der Waals surface area contributed by atoms with Crippen molar-refractivity contribution in [1.29, 1.82) is 5.26 Å². The second kappa shape index (κ2) is 9.18. The maximum Gasteiger partial charge on any atom is 0.417 e. The van der Waals surface area contributed by atoms with E-state index >= 15 is 0 Å². The molecule has 3 aromatic rings. The van der Waals surface area contributed by atoms with E-state index in [-0.39, 0.29) is 16.5 Å². The molecule has 2 aromatic carbocycles. The molecule has 0 amide bonds. The number of pyridine rings is 1. The van der Waals surface area contributed by atoms with Crippen molar-refractivity contribution in [2.75, 3.05) is 6.61 Å². The van der Waals surface area contributed by atoms with Gasteiger partial charge in [0, 0.05) is 11.3 Å². The third-order valence-corrected chi connectivity index (χ3v) is 5.21. The molecule has 154 valence electrons. The van der Waals surface area contributed by atoms with Crippen molar-refractivity contribution >= 4 is 11.8 Å². The summed E-state index contributed by atoms with van der Waals surface area (Å²) in [6.45, 7) is 2.29. The topological polar surface area (TPSA) is 45.9 Å². The monoisotopic (exact) mass is 432 g/mol. The van der Waals surface area contributed by atoms with Gasteiger partial charge in [-0.3, -0.25) is 0 Å².